The fourth-order valence-corrected chi connectivity index (χ4v) is 3.01. The molecule has 0 aliphatic carbocycles. The lowest BCUT2D eigenvalue weighted by Gasteiger charge is -2.18. The van der Waals surface area contributed by atoms with Crippen molar-refractivity contribution >= 4 is 39.0 Å². The van der Waals surface area contributed by atoms with Gasteiger partial charge in [0, 0.05) is 18.6 Å². The largest absolute Gasteiger partial charge is 0.355 e. The van der Waals surface area contributed by atoms with Gasteiger partial charge in [0.2, 0.25) is 0 Å². The Morgan fingerprint density at radius 3 is 3.00 bits per heavy atom. The van der Waals surface area contributed by atoms with Crippen molar-refractivity contribution in [2.75, 3.05) is 11.9 Å². The van der Waals surface area contributed by atoms with Crippen LogP contribution < -0.4 is 4.90 Å². The molecule has 0 spiro atoms. The summed E-state index contributed by atoms with van der Waals surface area (Å²) in [4.78, 5) is 11.8. The fraction of sp³-hybridized carbons (Fsp3) is 0.143. The smallest absolute Gasteiger partial charge is 0.140 e. The average molecular weight is 290 g/mol. The number of hydrogen-bond donors (Lipinski definition) is 0. The Kier molecular flexibility index (Phi) is 3.36. The number of aromatic nitrogens is 2. The maximum atomic E-state index is 6.01. The maximum absolute atomic E-state index is 6.01. The third-order valence-corrected chi connectivity index (χ3v) is 3.97. The van der Waals surface area contributed by atoms with Crippen molar-refractivity contribution in [3.05, 3.63) is 52.6 Å². The van der Waals surface area contributed by atoms with Gasteiger partial charge in [-0.1, -0.05) is 23.7 Å². The van der Waals surface area contributed by atoms with Gasteiger partial charge in [-0.3, -0.25) is 0 Å². The van der Waals surface area contributed by atoms with Crippen LogP contribution in [0.2, 0.25) is 5.02 Å². The Hall–Kier alpha value is -1.65. The molecule has 3 aromatic rings. The number of nitrogens with zero attached hydrogens (tertiary/aromatic N) is 3. The predicted octanol–water partition coefficient (Wildman–Crippen LogP) is 3.98. The van der Waals surface area contributed by atoms with Gasteiger partial charge in [0.1, 0.15) is 17.0 Å². The van der Waals surface area contributed by atoms with Gasteiger partial charge in [-0.25, -0.2) is 9.97 Å². The Labute approximate surface area is 120 Å². The highest BCUT2D eigenvalue weighted by Crippen LogP contribution is 2.27. The Bertz CT molecular complexity index is 710. The lowest BCUT2D eigenvalue weighted by atomic mass is 10.2. The fourth-order valence-electron chi connectivity index (χ4n) is 2.07. The van der Waals surface area contributed by atoms with Gasteiger partial charge in [-0.2, -0.15) is 0 Å². The van der Waals surface area contributed by atoms with Gasteiger partial charge in [-0.15, -0.1) is 11.3 Å². The van der Waals surface area contributed by atoms with Crippen LogP contribution >= 0.6 is 22.9 Å². The molecule has 5 heteroatoms. The van der Waals surface area contributed by atoms with Crippen LogP contribution in [0.1, 0.15) is 5.56 Å². The van der Waals surface area contributed by atoms with Crippen molar-refractivity contribution in [1.29, 1.82) is 0 Å². The van der Waals surface area contributed by atoms with Gasteiger partial charge >= 0.3 is 0 Å². The molecule has 0 aliphatic heterocycles. The van der Waals surface area contributed by atoms with Crippen molar-refractivity contribution in [3.63, 3.8) is 0 Å². The molecule has 0 radical (unpaired) electrons. The third kappa shape index (κ3) is 2.55. The van der Waals surface area contributed by atoms with Gasteiger partial charge in [-0.05, 0) is 29.1 Å². The number of hydrogen-bond acceptors (Lipinski definition) is 4. The van der Waals surface area contributed by atoms with Crippen LogP contribution in [-0.4, -0.2) is 17.0 Å². The molecule has 96 valence electrons. The first-order chi connectivity index (χ1) is 9.24. The molecule has 3 nitrogen and oxygen atoms in total. The second-order valence-corrected chi connectivity index (χ2v) is 5.65. The molecule has 0 atom stereocenters. The highest BCUT2D eigenvalue weighted by Gasteiger charge is 2.09. The normalized spacial score (nSPS) is 10.8. The molecular formula is C14H12ClN3S. The number of fused-ring (bicyclic) bond motifs is 1. The second kappa shape index (κ2) is 5.15. The average Bonchev–Trinajstić information content (AvgIpc) is 2.86. The quantitative estimate of drug-likeness (QED) is 0.730. The van der Waals surface area contributed by atoms with Crippen molar-refractivity contribution in [1.82, 2.24) is 9.97 Å². The zero-order valence-corrected chi connectivity index (χ0v) is 11.9. The lowest BCUT2D eigenvalue weighted by Crippen LogP contribution is -2.17. The van der Waals surface area contributed by atoms with Crippen LogP contribution in [-0.2, 0) is 6.54 Å². The SMILES string of the molecule is CN(Cc1cccc(Cl)c1)c1ncnc2sccc12. The lowest BCUT2D eigenvalue weighted by molar-refractivity contribution is 0.901. The third-order valence-electron chi connectivity index (χ3n) is 2.91. The first-order valence-electron chi connectivity index (χ1n) is 5.88. The molecule has 19 heavy (non-hydrogen) atoms. The number of thiophene rings is 1. The molecule has 0 bridgehead atoms. The van der Waals surface area contributed by atoms with Crippen LogP contribution in [0.3, 0.4) is 0 Å². The molecule has 0 fully saturated rings. The van der Waals surface area contributed by atoms with Gasteiger partial charge in [0.15, 0.2) is 0 Å². The standard InChI is InChI=1S/C14H12ClN3S/c1-18(8-10-3-2-4-11(15)7-10)13-12-5-6-19-14(12)17-9-16-13/h2-7,9H,8H2,1H3. The highest BCUT2D eigenvalue weighted by atomic mass is 35.5. The summed E-state index contributed by atoms with van der Waals surface area (Å²) in [6.45, 7) is 0.766. The van der Waals surface area contributed by atoms with E-state index in [1.165, 1.54) is 0 Å². The molecule has 0 amide bonds. The minimum atomic E-state index is 0.759. The molecule has 0 unspecified atom stereocenters. The molecule has 0 aliphatic rings. The molecule has 1 aromatic carbocycles. The van der Waals surface area contributed by atoms with E-state index in [1.807, 2.05) is 30.6 Å². The summed E-state index contributed by atoms with van der Waals surface area (Å²) in [5.41, 5.74) is 1.16. The van der Waals surface area contributed by atoms with Crippen molar-refractivity contribution in [3.8, 4) is 0 Å². The van der Waals surface area contributed by atoms with Crippen LogP contribution in [0.15, 0.2) is 42.0 Å². The van der Waals surface area contributed by atoms with Crippen molar-refractivity contribution < 1.29 is 0 Å². The molecule has 3 rings (SSSR count). The first-order valence-corrected chi connectivity index (χ1v) is 7.13. The summed E-state index contributed by atoms with van der Waals surface area (Å²) >= 11 is 7.64. The van der Waals surface area contributed by atoms with E-state index in [0.29, 0.717) is 0 Å². The predicted molar refractivity (Wildman–Crippen MR) is 81.0 cm³/mol. The topological polar surface area (TPSA) is 29.0 Å². The molecule has 2 heterocycles. The second-order valence-electron chi connectivity index (χ2n) is 4.32. The van der Waals surface area contributed by atoms with Crippen molar-refractivity contribution in [2.24, 2.45) is 0 Å². The van der Waals surface area contributed by atoms with Crippen LogP contribution in [0, 0.1) is 0 Å². The molecule has 0 N–H and O–H groups in total. The Morgan fingerprint density at radius 1 is 1.26 bits per heavy atom. The Morgan fingerprint density at radius 2 is 2.16 bits per heavy atom. The highest BCUT2D eigenvalue weighted by molar-refractivity contribution is 7.16. The zero-order valence-electron chi connectivity index (χ0n) is 10.4. The van der Waals surface area contributed by atoms with E-state index in [0.717, 1.165) is 33.2 Å². The molecular weight excluding hydrogens is 278 g/mol. The van der Waals surface area contributed by atoms with E-state index in [9.17, 15) is 0 Å². The molecule has 0 saturated carbocycles. The van der Waals surface area contributed by atoms with Gasteiger partial charge < -0.3 is 4.90 Å². The summed E-state index contributed by atoms with van der Waals surface area (Å²) in [5, 5.41) is 3.89. The van der Waals surface area contributed by atoms with E-state index in [4.69, 9.17) is 11.6 Å². The van der Waals surface area contributed by atoms with Crippen molar-refractivity contribution in [2.45, 2.75) is 6.54 Å². The number of benzene rings is 1. The van der Waals surface area contributed by atoms with Crippen LogP contribution in [0.5, 0.6) is 0 Å². The minimum absolute atomic E-state index is 0.759. The summed E-state index contributed by atoms with van der Waals surface area (Å²) in [7, 11) is 2.03. The van der Waals surface area contributed by atoms with E-state index in [1.54, 1.807) is 17.7 Å². The van der Waals surface area contributed by atoms with Gasteiger partial charge in [0.25, 0.3) is 0 Å². The molecule has 0 saturated heterocycles. The first kappa shape index (κ1) is 12.4. The van der Waals surface area contributed by atoms with Crippen LogP contribution in [0.25, 0.3) is 10.2 Å². The summed E-state index contributed by atoms with van der Waals surface area (Å²) in [6, 6.07) is 9.95. The van der Waals surface area contributed by atoms with Crippen LogP contribution in [0.4, 0.5) is 5.82 Å². The summed E-state index contributed by atoms with van der Waals surface area (Å²) in [6.07, 6.45) is 1.61. The monoisotopic (exact) mass is 289 g/mol. The van der Waals surface area contributed by atoms with E-state index in [-0.39, 0.29) is 0 Å². The summed E-state index contributed by atoms with van der Waals surface area (Å²) < 4.78 is 0. The minimum Gasteiger partial charge on any atom is -0.355 e. The molecule has 2 aromatic heterocycles. The number of halogens is 1. The van der Waals surface area contributed by atoms with Gasteiger partial charge in [0.05, 0.1) is 5.39 Å². The van der Waals surface area contributed by atoms with E-state index in [2.05, 4.69) is 27.0 Å². The number of anilines is 1. The number of rotatable bonds is 3. The maximum Gasteiger partial charge on any atom is 0.140 e. The summed E-state index contributed by atoms with van der Waals surface area (Å²) in [5.74, 6) is 0.950. The Balaban J connectivity index is 1.91. The zero-order chi connectivity index (χ0) is 13.2. The van der Waals surface area contributed by atoms with E-state index < -0.39 is 0 Å². The van der Waals surface area contributed by atoms with E-state index >= 15 is 0 Å².